The number of fused-ring (bicyclic) bond motifs is 1. The molecule has 1 aliphatic carbocycles. The fourth-order valence-corrected chi connectivity index (χ4v) is 4.51. The quantitative estimate of drug-likeness (QED) is 0.490. The molecule has 5 nitrogen and oxygen atoms in total. The van der Waals surface area contributed by atoms with Gasteiger partial charge in [-0.3, -0.25) is 4.99 Å². The van der Waals surface area contributed by atoms with Crippen LogP contribution in [0.4, 0.5) is 0 Å². The van der Waals surface area contributed by atoms with Gasteiger partial charge in [-0.05, 0) is 44.2 Å². The molecule has 0 fully saturated rings. The molecule has 0 saturated heterocycles. The first-order chi connectivity index (χ1) is 12.2. The highest BCUT2D eigenvalue weighted by Crippen LogP contribution is 2.27. The lowest BCUT2D eigenvalue weighted by Gasteiger charge is -2.22. The SMILES string of the molecule is CN=C(NCCCc1nc2c(s1)CCCC2)N(C)Cc1cccn1C. The van der Waals surface area contributed by atoms with Gasteiger partial charge in [0.15, 0.2) is 5.96 Å². The second-order valence-corrected chi connectivity index (χ2v) is 7.90. The Morgan fingerprint density at radius 1 is 1.40 bits per heavy atom. The number of guanidine groups is 1. The molecule has 2 aromatic heterocycles. The van der Waals surface area contributed by atoms with Crippen molar-refractivity contribution in [3.63, 3.8) is 0 Å². The Balaban J connectivity index is 1.43. The summed E-state index contributed by atoms with van der Waals surface area (Å²) in [4.78, 5) is 12.9. The third kappa shape index (κ3) is 4.63. The van der Waals surface area contributed by atoms with Crippen LogP contribution in [0.5, 0.6) is 0 Å². The number of nitrogens with one attached hydrogen (secondary N) is 1. The molecule has 1 N–H and O–H groups in total. The van der Waals surface area contributed by atoms with Crippen molar-refractivity contribution in [2.75, 3.05) is 20.6 Å². The summed E-state index contributed by atoms with van der Waals surface area (Å²) in [5.41, 5.74) is 2.65. The maximum Gasteiger partial charge on any atom is 0.193 e. The number of aromatic nitrogens is 2. The first-order valence-electron chi connectivity index (χ1n) is 9.17. The summed E-state index contributed by atoms with van der Waals surface area (Å²) in [7, 11) is 6.00. The van der Waals surface area contributed by atoms with E-state index in [-0.39, 0.29) is 0 Å². The van der Waals surface area contributed by atoms with Gasteiger partial charge in [0.1, 0.15) is 0 Å². The average molecular weight is 360 g/mol. The first-order valence-corrected chi connectivity index (χ1v) is 9.98. The van der Waals surface area contributed by atoms with Gasteiger partial charge in [-0.1, -0.05) is 0 Å². The van der Waals surface area contributed by atoms with Gasteiger partial charge in [-0.15, -0.1) is 11.3 Å². The lowest BCUT2D eigenvalue weighted by molar-refractivity contribution is 0.461. The molecule has 2 heterocycles. The molecule has 136 valence electrons. The molecule has 0 aromatic carbocycles. The zero-order valence-corrected chi connectivity index (χ0v) is 16.4. The van der Waals surface area contributed by atoms with Crippen LogP contribution in [0.1, 0.15) is 40.5 Å². The van der Waals surface area contributed by atoms with Crippen molar-refractivity contribution in [3.8, 4) is 0 Å². The highest BCUT2D eigenvalue weighted by atomic mass is 32.1. The molecule has 6 heteroatoms. The molecule has 1 aliphatic rings. The molecule has 3 rings (SSSR count). The Labute approximate surface area is 154 Å². The monoisotopic (exact) mass is 359 g/mol. The van der Waals surface area contributed by atoms with Crippen molar-refractivity contribution in [3.05, 3.63) is 39.6 Å². The Kier molecular flexibility index (Phi) is 6.13. The number of nitrogens with zero attached hydrogens (tertiary/aromatic N) is 4. The van der Waals surface area contributed by atoms with Gasteiger partial charge in [0.2, 0.25) is 0 Å². The van der Waals surface area contributed by atoms with E-state index in [0.717, 1.165) is 31.9 Å². The van der Waals surface area contributed by atoms with Crippen molar-refractivity contribution >= 4 is 17.3 Å². The highest BCUT2D eigenvalue weighted by molar-refractivity contribution is 7.11. The van der Waals surface area contributed by atoms with Crippen molar-refractivity contribution in [1.82, 2.24) is 19.8 Å². The third-order valence-corrected chi connectivity index (χ3v) is 5.98. The Morgan fingerprint density at radius 3 is 2.96 bits per heavy atom. The van der Waals surface area contributed by atoms with Crippen molar-refractivity contribution < 1.29 is 0 Å². The molecule has 0 saturated carbocycles. The van der Waals surface area contributed by atoms with Crippen LogP contribution in [0, 0.1) is 0 Å². The van der Waals surface area contributed by atoms with Gasteiger partial charge in [0.25, 0.3) is 0 Å². The van der Waals surface area contributed by atoms with Gasteiger partial charge >= 0.3 is 0 Å². The van der Waals surface area contributed by atoms with Crippen LogP contribution < -0.4 is 5.32 Å². The Morgan fingerprint density at radius 2 is 2.24 bits per heavy atom. The summed E-state index contributed by atoms with van der Waals surface area (Å²) >= 11 is 1.93. The molecule has 0 bridgehead atoms. The van der Waals surface area contributed by atoms with Gasteiger partial charge in [-0.25, -0.2) is 4.98 Å². The molecule has 0 unspecified atom stereocenters. The van der Waals surface area contributed by atoms with E-state index in [2.05, 4.69) is 52.2 Å². The molecular formula is C19H29N5S. The number of thiazole rings is 1. The predicted molar refractivity (Wildman–Crippen MR) is 105 cm³/mol. The van der Waals surface area contributed by atoms with Gasteiger partial charge < -0.3 is 14.8 Å². The van der Waals surface area contributed by atoms with Crippen molar-refractivity contribution in [1.29, 1.82) is 0 Å². The maximum absolute atomic E-state index is 4.83. The largest absolute Gasteiger partial charge is 0.356 e. The lowest BCUT2D eigenvalue weighted by Crippen LogP contribution is -2.39. The zero-order chi connectivity index (χ0) is 17.6. The highest BCUT2D eigenvalue weighted by Gasteiger charge is 2.15. The van der Waals surface area contributed by atoms with E-state index in [1.807, 2.05) is 18.4 Å². The van der Waals surface area contributed by atoms with Crippen LogP contribution in [-0.4, -0.2) is 41.1 Å². The van der Waals surface area contributed by atoms with Crippen LogP contribution in [0.15, 0.2) is 23.3 Å². The van der Waals surface area contributed by atoms with E-state index in [1.54, 1.807) is 0 Å². The van der Waals surface area contributed by atoms with E-state index in [0.29, 0.717) is 0 Å². The summed E-state index contributed by atoms with van der Waals surface area (Å²) < 4.78 is 2.15. The zero-order valence-electron chi connectivity index (χ0n) is 15.6. The molecule has 0 spiro atoms. The van der Waals surface area contributed by atoms with Gasteiger partial charge in [0, 0.05) is 50.9 Å². The van der Waals surface area contributed by atoms with Gasteiger partial charge in [0.05, 0.1) is 17.2 Å². The topological polar surface area (TPSA) is 45.5 Å². The normalized spacial score (nSPS) is 14.4. The number of rotatable bonds is 6. The minimum atomic E-state index is 0.850. The third-order valence-electron chi connectivity index (χ3n) is 4.76. The number of hydrogen-bond acceptors (Lipinski definition) is 3. The molecular weight excluding hydrogens is 330 g/mol. The molecule has 2 aromatic rings. The fourth-order valence-electron chi connectivity index (χ4n) is 3.32. The van der Waals surface area contributed by atoms with Crippen LogP contribution in [-0.2, 0) is 32.9 Å². The van der Waals surface area contributed by atoms with E-state index in [4.69, 9.17) is 4.98 Å². The summed E-state index contributed by atoms with van der Waals surface area (Å²) in [6.07, 6.45) is 9.28. The standard InChI is InChI=1S/C19H29N5S/c1-20-19(24(3)14-15-8-7-13-23(15)2)21-12-6-11-18-22-16-9-4-5-10-17(16)25-18/h7-8,13H,4-6,9-12,14H2,1-3H3,(H,20,21). The number of hydrogen-bond donors (Lipinski definition) is 1. The van der Waals surface area contributed by atoms with E-state index in [1.165, 1.54) is 47.0 Å². The second kappa shape index (κ2) is 8.52. The van der Waals surface area contributed by atoms with Crippen LogP contribution in [0.25, 0.3) is 0 Å². The minimum Gasteiger partial charge on any atom is -0.356 e. The van der Waals surface area contributed by atoms with E-state index >= 15 is 0 Å². The second-order valence-electron chi connectivity index (χ2n) is 6.73. The summed E-state index contributed by atoms with van der Waals surface area (Å²) in [6, 6.07) is 4.22. The summed E-state index contributed by atoms with van der Waals surface area (Å²) in [5, 5.41) is 4.78. The Hall–Kier alpha value is -1.82. The maximum atomic E-state index is 4.83. The molecule has 0 amide bonds. The lowest BCUT2D eigenvalue weighted by atomic mass is 10.0. The average Bonchev–Trinajstić information content (AvgIpc) is 3.20. The van der Waals surface area contributed by atoms with Crippen LogP contribution in [0.2, 0.25) is 0 Å². The van der Waals surface area contributed by atoms with Crippen molar-refractivity contribution in [2.24, 2.45) is 12.0 Å². The molecule has 0 atom stereocenters. The van der Waals surface area contributed by atoms with E-state index < -0.39 is 0 Å². The predicted octanol–water partition coefficient (Wildman–Crippen LogP) is 3.00. The van der Waals surface area contributed by atoms with Crippen molar-refractivity contribution in [2.45, 2.75) is 45.1 Å². The van der Waals surface area contributed by atoms with Crippen LogP contribution in [0.3, 0.4) is 0 Å². The first kappa shape index (κ1) is 18.0. The smallest absolute Gasteiger partial charge is 0.193 e. The van der Waals surface area contributed by atoms with Crippen LogP contribution >= 0.6 is 11.3 Å². The minimum absolute atomic E-state index is 0.850. The summed E-state index contributed by atoms with van der Waals surface area (Å²) in [6.45, 7) is 1.77. The molecule has 25 heavy (non-hydrogen) atoms. The molecule has 0 aliphatic heterocycles. The molecule has 0 radical (unpaired) electrons. The summed E-state index contributed by atoms with van der Waals surface area (Å²) in [5.74, 6) is 0.944. The fraction of sp³-hybridized carbons (Fsp3) is 0.579. The van der Waals surface area contributed by atoms with E-state index in [9.17, 15) is 0 Å². The van der Waals surface area contributed by atoms with Gasteiger partial charge in [-0.2, -0.15) is 0 Å². The number of aliphatic imine (C=N–C) groups is 1. The Bertz CT molecular complexity index is 692. The number of aryl methyl sites for hydroxylation is 4.